The predicted molar refractivity (Wildman–Crippen MR) is 96.0 cm³/mol. The third-order valence-corrected chi connectivity index (χ3v) is 4.89. The first kappa shape index (κ1) is 18.0. The summed E-state index contributed by atoms with van der Waals surface area (Å²) in [5.41, 5.74) is 1.54. The Kier molecular flexibility index (Phi) is 5.64. The summed E-state index contributed by atoms with van der Waals surface area (Å²) in [5, 5.41) is 3.06. The number of hydrogen-bond donors (Lipinski definition) is 2. The molecule has 0 fully saturated rings. The highest BCUT2D eigenvalue weighted by Gasteiger charge is 2.16. The lowest BCUT2D eigenvalue weighted by Crippen LogP contribution is -2.23. The van der Waals surface area contributed by atoms with E-state index in [0.29, 0.717) is 22.8 Å². The molecule has 0 aromatic heterocycles. The molecular formula is C17H17ClN2O3S. The van der Waals surface area contributed by atoms with Gasteiger partial charge in [-0.2, -0.15) is 0 Å². The van der Waals surface area contributed by atoms with E-state index in [4.69, 9.17) is 11.6 Å². The first-order valence-electron chi connectivity index (χ1n) is 7.11. The number of nitrogens with one attached hydrogen (secondary N) is 2. The molecule has 2 N–H and O–H groups in total. The lowest BCUT2D eigenvalue weighted by Gasteiger charge is -2.11. The summed E-state index contributed by atoms with van der Waals surface area (Å²) in [6.45, 7) is 5.63. The van der Waals surface area contributed by atoms with Crippen molar-refractivity contribution in [1.82, 2.24) is 5.32 Å². The van der Waals surface area contributed by atoms with Crippen molar-refractivity contribution in [3.05, 3.63) is 71.3 Å². The lowest BCUT2D eigenvalue weighted by molar-refractivity contribution is 0.0958. The van der Waals surface area contributed by atoms with Crippen LogP contribution in [0.25, 0.3) is 0 Å². The van der Waals surface area contributed by atoms with Gasteiger partial charge in [0.15, 0.2) is 0 Å². The molecule has 0 atom stereocenters. The number of sulfonamides is 1. The first-order valence-corrected chi connectivity index (χ1v) is 8.98. The number of benzene rings is 2. The van der Waals surface area contributed by atoms with Crippen molar-refractivity contribution < 1.29 is 13.2 Å². The smallest absolute Gasteiger partial charge is 0.261 e. The van der Waals surface area contributed by atoms with E-state index in [1.54, 1.807) is 31.2 Å². The Morgan fingerprint density at radius 1 is 1.21 bits per heavy atom. The van der Waals surface area contributed by atoms with Crippen LogP contribution in [0.15, 0.2) is 60.0 Å². The van der Waals surface area contributed by atoms with E-state index in [1.165, 1.54) is 24.3 Å². The molecule has 7 heteroatoms. The van der Waals surface area contributed by atoms with Crippen LogP contribution in [-0.2, 0) is 10.0 Å². The number of halogens is 1. The van der Waals surface area contributed by atoms with E-state index >= 15 is 0 Å². The fraction of sp³-hybridized carbons (Fsp3) is 0.118. The standard InChI is InChI=1S/C17H17ClN2O3S/c1-3-10-19-17(21)13-5-8-15(9-6-13)24(22,23)20-16-11-14(18)7-4-12(16)2/h3-9,11,20H,1,10H2,2H3,(H,19,21). The Bertz CT molecular complexity index is 862. The summed E-state index contributed by atoms with van der Waals surface area (Å²) < 4.78 is 27.4. The molecule has 0 spiro atoms. The molecule has 0 heterocycles. The van der Waals surface area contributed by atoms with Crippen LogP contribution in [0.5, 0.6) is 0 Å². The van der Waals surface area contributed by atoms with Crippen molar-refractivity contribution in [1.29, 1.82) is 0 Å². The average Bonchev–Trinajstić information content (AvgIpc) is 2.56. The molecule has 24 heavy (non-hydrogen) atoms. The van der Waals surface area contributed by atoms with Gasteiger partial charge in [-0.3, -0.25) is 9.52 Å². The highest BCUT2D eigenvalue weighted by atomic mass is 35.5. The molecule has 0 unspecified atom stereocenters. The van der Waals surface area contributed by atoms with Crippen LogP contribution in [0.3, 0.4) is 0 Å². The molecule has 0 aliphatic rings. The molecule has 0 saturated carbocycles. The van der Waals surface area contributed by atoms with Crippen molar-refractivity contribution in [2.75, 3.05) is 11.3 Å². The van der Waals surface area contributed by atoms with Gasteiger partial charge in [0.05, 0.1) is 10.6 Å². The number of aryl methyl sites for hydroxylation is 1. The zero-order valence-electron chi connectivity index (χ0n) is 13.0. The van der Waals surface area contributed by atoms with Gasteiger partial charge in [0.2, 0.25) is 0 Å². The number of amides is 1. The maximum Gasteiger partial charge on any atom is 0.261 e. The zero-order chi connectivity index (χ0) is 17.7. The van der Waals surface area contributed by atoms with E-state index in [0.717, 1.165) is 5.56 Å². The second-order valence-corrected chi connectivity index (χ2v) is 7.21. The summed E-state index contributed by atoms with van der Waals surface area (Å²) in [5.74, 6) is -0.294. The van der Waals surface area contributed by atoms with Crippen LogP contribution in [0.2, 0.25) is 5.02 Å². The molecule has 5 nitrogen and oxygen atoms in total. The molecule has 2 aromatic rings. The topological polar surface area (TPSA) is 75.3 Å². The van der Waals surface area contributed by atoms with E-state index in [-0.39, 0.29) is 10.8 Å². The Morgan fingerprint density at radius 2 is 1.88 bits per heavy atom. The molecule has 1 amide bonds. The Labute approximate surface area is 146 Å². The number of anilines is 1. The van der Waals surface area contributed by atoms with Gasteiger partial charge >= 0.3 is 0 Å². The highest BCUT2D eigenvalue weighted by Crippen LogP contribution is 2.23. The molecule has 0 saturated heterocycles. The number of rotatable bonds is 6. The van der Waals surface area contributed by atoms with E-state index in [2.05, 4.69) is 16.6 Å². The SMILES string of the molecule is C=CCNC(=O)c1ccc(S(=O)(=O)Nc2cc(Cl)ccc2C)cc1. The zero-order valence-corrected chi connectivity index (χ0v) is 14.6. The van der Waals surface area contributed by atoms with Gasteiger partial charge in [0.25, 0.3) is 15.9 Å². The summed E-state index contributed by atoms with van der Waals surface area (Å²) in [6, 6.07) is 10.6. The predicted octanol–water partition coefficient (Wildman–Crippen LogP) is 3.37. The van der Waals surface area contributed by atoms with Crippen LogP contribution in [0, 0.1) is 6.92 Å². The molecule has 0 aliphatic heterocycles. The van der Waals surface area contributed by atoms with E-state index in [1.807, 2.05) is 0 Å². The number of hydrogen-bond acceptors (Lipinski definition) is 3. The Balaban J connectivity index is 2.22. The van der Waals surface area contributed by atoms with Crippen molar-refractivity contribution in [3.63, 3.8) is 0 Å². The van der Waals surface area contributed by atoms with Crippen molar-refractivity contribution >= 4 is 33.2 Å². The molecule has 0 aliphatic carbocycles. The second kappa shape index (κ2) is 7.51. The maximum absolute atomic E-state index is 12.5. The van der Waals surface area contributed by atoms with Crippen LogP contribution < -0.4 is 10.0 Å². The monoisotopic (exact) mass is 364 g/mol. The summed E-state index contributed by atoms with van der Waals surface area (Å²) in [7, 11) is -3.77. The minimum absolute atomic E-state index is 0.0575. The number of carbonyl (C=O) groups excluding carboxylic acids is 1. The summed E-state index contributed by atoms with van der Waals surface area (Å²) >= 11 is 5.90. The fourth-order valence-electron chi connectivity index (χ4n) is 1.96. The van der Waals surface area contributed by atoms with Gasteiger partial charge in [-0.1, -0.05) is 23.7 Å². The number of carbonyl (C=O) groups is 1. The average molecular weight is 365 g/mol. The molecule has 2 aromatic carbocycles. The van der Waals surface area contributed by atoms with Gasteiger partial charge < -0.3 is 5.32 Å². The minimum Gasteiger partial charge on any atom is -0.349 e. The van der Waals surface area contributed by atoms with Crippen LogP contribution in [0.4, 0.5) is 5.69 Å². The van der Waals surface area contributed by atoms with Crippen molar-refractivity contribution in [2.24, 2.45) is 0 Å². The van der Waals surface area contributed by atoms with Crippen molar-refractivity contribution in [2.45, 2.75) is 11.8 Å². The minimum atomic E-state index is -3.77. The van der Waals surface area contributed by atoms with Crippen LogP contribution >= 0.6 is 11.6 Å². The van der Waals surface area contributed by atoms with E-state index < -0.39 is 10.0 Å². The third-order valence-electron chi connectivity index (χ3n) is 3.28. The van der Waals surface area contributed by atoms with Crippen LogP contribution in [-0.4, -0.2) is 20.9 Å². The molecule has 126 valence electrons. The van der Waals surface area contributed by atoms with Gasteiger partial charge in [-0.25, -0.2) is 8.42 Å². The lowest BCUT2D eigenvalue weighted by atomic mass is 10.2. The van der Waals surface area contributed by atoms with Crippen molar-refractivity contribution in [3.8, 4) is 0 Å². The Hall–Kier alpha value is -2.31. The van der Waals surface area contributed by atoms with Gasteiger partial charge in [0.1, 0.15) is 0 Å². The Morgan fingerprint density at radius 3 is 2.50 bits per heavy atom. The first-order chi connectivity index (χ1) is 11.3. The molecule has 0 bridgehead atoms. The summed E-state index contributed by atoms with van der Waals surface area (Å²) in [4.78, 5) is 11.9. The van der Waals surface area contributed by atoms with Gasteiger partial charge in [0, 0.05) is 17.1 Å². The molecular weight excluding hydrogens is 348 g/mol. The fourth-order valence-corrected chi connectivity index (χ4v) is 3.25. The highest BCUT2D eigenvalue weighted by molar-refractivity contribution is 7.92. The van der Waals surface area contributed by atoms with Gasteiger partial charge in [-0.05, 0) is 48.9 Å². The second-order valence-electron chi connectivity index (χ2n) is 5.09. The van der Waals surface area contributed by atoms with E-state index in [9.17, 15) is 13.2 Å². The van der Waals surface area contributed by atoms with Gasteiger partial charge in [-0.15, -0.1) is 6.58 Å². The third kappa shape index (κ3) is 4.37. The quantitative estimate of drug-likeness (QED) is 0.772. The normalized spacial score (nSPS) is 10.9. The molecule has 0 radical (unpaired) electrons. The largest absolute Gasteiger partial charge is 0.349 e. The molecule has 2 rings (SSSR count). The van der Waals surface area contributed by atoms with Crippen LogP contribution in [0.1, 0.15) is 15.9 Å². The maximum atomic E-state index is 12.5. The summed E-state index contributed by atoms with van der Waals surface area (Å²) in [6.07, 6.45) is 1.56.